The average Bonchev–Trinajstić information content (AvgIpc) is 3.01. The zero-order valence-electron chi connectivity index (χ0n) is 9.32. The maximum atomic E-state index is 4.39. The highest BCUT2D eigenvalue weighted by atomic mass is 79.9. The Morgan fingerprint density at radius 1 is 1.22 bits per heavy atom. The van der Waals surface area contributed by atoms with Gasteiger partial charge in [0.15, 0.2) is 0 Å². The molecule has 0 aromatic carbocycles. The molecule has 0 aliphatic heterocycles. The van der Waals surface area contributed by atoms with E-state index in [9.17, 15) is 0 Å². The van der Waals surface area contributed by atoms with Gasteiger partial charge in [-0.2, -0.15) is 0 Å². The highest BCUT2D eigenvalue weighted by Crippen LogP contribution is 2.21. The standard InChI is InChI=1S/C12H9BrN4S/c13-10-5-9(6-14-7-10)12-16-1-3-17(12)8-11-15-2-4-18-11/h1-7H,8H2. The summed E-state index contributed by atoms with van der Waals surface area (Å²) in [5.74, 6) is 0.902. The molecule has 0 spiro atoms. The lowest BCUT2D eigenvalue weighted by molar-refractivity contribution is 0.799. The third-order valence-corrected chi connectivity index (χ3v) is 3.67. The second-order valence-corrected chi connectivity index (χ2v) is 5.59. The minimum absolute atomic E-state index is 0.736. The zero-order valence-corrected chi connectivity index (χ0v) is 11.7. The smallest absolute Gasteiger partial charge is 0.141 e. The lowest BCUT2D eigenvalue weighted by Gasteiger charge is -2.05. The first-order valence-electron chi connectivity index (χ1n) is 5.33. The Hall–Kier alpha value is -1.53. The Kier molecular flexibility index (Phi) is 3.21. The second kappa shape index (κ2) is 4.99. The first kappa shape index (κ1) is 11.6. The van der Waals surface area contributed by atoms with Gasteiger partial charge in [0.1, 0.15) is 10.8 Å². The van der Waals surface area contributed by atoms with Crippen LogP contribution < -0.4 is 0 Å². The topological polar surface area (TPSA) is 43.6 Å². The average molecular weight is 321 g/mol. The van der Waals surface area contributed by atoms with Gasteiger partial charge >= 0.3 is 0 Å². The van der Waals surface area contributed by atoms with Crippen LogP contribution in [0.25, 0.3) is 11.4 Å². The summed E-state index contributed by atoms with van der Waals surface area (Å²) < 4.78 is 3.02. The third-order valence-electron chi connectivity index (χ3n) is 2.47. The predicted octanol–water partition coefficient (Wildman–Crippen LogP) is 3.21. The fourth-order valence-electron chi connectivity index (χ4n) is 1.71. The largest absolute Gasteiger partial charge is 0.324 e. The first-order valence-corrected chi connectivity index (χ1v) is 7.00. The Morgan fingerprint density at radius 3 is 2.94 bits per heavy atom. The van der Waals surface area contributed by atoms with E-state index in [1.54, 1.807) is 23.7 Å². The fourth-order valence-corrected chi connectivity index (χ4v) is 2.69. The third kappa shape index (κ3) is 2.34. The molecule has 0 saturated carbocycles. The summed E-state index contributed by atoms with van der Waals surface area (Å²) in [4.78, 5) is 12.8. The molecule has 90 valence electrons. The molecule has 0 fully saturated rings. The van der Waals surface area contributed by atoms with Crippen molar-refractivity contribution < 1.29 is 0 Å². The number of pyridine rings is 1. The quantitative estimate of drug-likeness (QED) is 0.744. The Morgan fingerprint density at radius 2 is 2.17 bits per heavy atom. The van der Waals surface area contributed by atoms with Crippen LogP contribution in [0.15, 0.2) is 46.9 Å². The van der Waals surface area contributed by atoms with E-state index in [4.69, 9.17) is 0 Å². The van der Waals surface area contributed by atoms with Gasteiger partial charge in [0, 0.05) is 46.4 Å². The van der Waals surface area contributed by atoms with Crippen molar-refractivity contribution in [3.63, 3.8) is 0 Å². The number of halogens is 1. The van der Waals surface area contributed by atoms with Gasteiger partial charge in [-0.3, -0.25) is 4.98 Å². The number of hydrogen-bond acceptors (Lipinski definition) is 4. The zero-order chi connectivity index (χ0) is 12.4. The van der Waals surface area contributed by atoms with Gasteiger partial charge in [-0.15, -0.1) is 11.3 Å². The normalized spacial score (nSPS) is 10.7. The predicted molar refractivity (Wildman–Crippen MR) is 74.4 cm³/mol. The Labute approximate surface area is 116 Å². The molecule has 0 saturated heterocycles. The number of imidazole rings is 1. The van der Waals surface area contributed by atoms with E-state index < -0.39 is 0 Å². The summed E-state index contributed by atoms with van der Waals surface area (Å²) in [6, 6.07) is 2.01. The Bertz CT molecular complexity index is 648. The van der Waals surface area contributed by atoms with Gasteiger partial charge in [0.25, 0.3) is 0 Å². The molecule has 0 radical (unpaired) electrons. The maximum absolute atomic E-state index is 4.39. The van der Waals surface area contributed by atoms with Crippen LogP contribution in [0.2, 0.25) is 0 Å². The number of aromatic nitrogens is 4. The van der Waals surface area contributed by atoms with Crippen LogP contribution in [-0.4, -0.2) is 19.5 Å². The summed E-state index contributed by atoms with van der Waals surface area (Å²) in [5, 5.41) is 3.05. The molecular weight excluding hydrogens is 312 g/mol. The molecule has 3 rings (SSSR count). The SMILES string of the molecule is Brc1cncc(-c2nccn2Cc2nccs2)c1. The van der Waals surface area contributed by atoms with E-state index in [0.29, 0.717) is 0 Å². The molecule has 0 aliphatic rings. The summed E-state index contributed by atoms with van der Waals surface area (Å²) in [6.45, 7) is 0.736. The molecule has 3 aromatic heterocycles. The fraction of sp³-hybridized carbons (Fsp3) is 0.0833. The van der Waals surface area contributed by atoms with Crippen molar-refractivity contribution in [2.75, 3.05) is 0 Å². The van der Waals surface area contributed by atoms with Crippen molar-refractivity contribution in [1.29, 1.82) is 0 Å². The number of nitrogens with zero attached hydrogens (tertiary/aromatic N) is 4. The van der Waals surface area contributed by atoms with Crippen molar-refractivity contribution in [3.8, 4) is 11.4 Å². The van der Waals surface area contributed by atoms with E-state index in [1.807, 2.05) is 30.0 Å². The lowest BCUT2D eigenvalue weighted by atomic mass is 10.3. The second-order valence-electron chi connectivity index (χ2n) is 3.70. The lowest BCUT2D eigenvalue weighted by Crippen LogP contribution is -2.00. The highest BCUT2D eigenvalue weighted by molar-refractivity contribution is 9.10. The Balaban J connectivity index is 1.96. The molecule has 0 unspecified atom stereocenters. The number of thiazole rings is 1. The van der Waals surface area contributed by atoms with Crippen molar-refractivity contribution >= 4 is 27.3 Å². The van der Waals surface area contributed by atoms with Crippen LogP contribution in [0.3, 0.4) is 0 Å². The van der Waals surface area contributed by atoms with E-state index >= 15 is 0 Å². The first-order chi connectivity index (χ1) is 8.83. The van der Waals surface area contributed by atoms with Gasteiger partial charge in [0.2, 0.25) is 0 Å². The number of rotatable bonds is 3. The van der Waals surface area contributed by atoms with Crippen molar-refractivity contribution in [1.82, 2.24) is 19.5 Å². The summed E-state index contributed by atoms with van der Waals surface area (Å²) in [7, 11) is 0. The molecule has 4 nitrogen and oxygen atoms in total. The van der Waals surface area contributed by atoms with Gasteiger partial charge in [0.05, 0.1) is 6.54 Å². The van der Waals surface area contributed by atoms with Crippen LogP contribution in [0.1, 0.15) is 5.01 Å². The molecule has 6 heteroatoms. The minimum atomic E-state index is 0.736. The maximum Gasteiger partial charge on any atom is 0.141 e. The van der Waals surface area contributed by atoms with Gasteiger partial charge in [-0.1, -0.05) is 0 Å². The van der Waals surface area contributed by atoms with E-state index in [0.717, 1.165) is 27.4 Å². The molecule has 0 aliphatic carbocycles. The molecule has 3 heterocycles. The van der Waals surface area contributed by atoms with Gasteiger partial charge < -0.3 is 4.57 Å². The summed E-state index contributed by atoms with van der Waals surface area (Å²) in [5.41, 5.74) is 0.992. The molecule has 18 heavy (non-hydrogen) atoms. The van der Waals surface area contributed by atoms with Crippen molar-refractivity contribution in [2.24, 2.45) is 0 Å². The summed E-state index contributed by atoms with van der Waals surface area (Å²) >= 11 is 5.07. The van der Waals surface area contributed by atoms with E-state index in [-0.39, 0.29) is 0 Å². The molecule has 0 amide bonds. The van der Waals surface area contributed by atoms with Crippen LogP contribution in [0.5, 0.6) is 0 Å². The highest BCUT2D eigenvalue weighted by Gasteiger charge is 2.08. The van der Waals surface area contributed by atoms with Crippen LogP contribution >= 0.6 is 27.3 Å². The van der Waals surface area contributed by atoms with Crippen LogP contribution in [-0.2, 0) is 6.54 Å². The number of hydrogen-bond donors (Lipinski definition) is 0. The molecule has 0 atom stereocenters. The van der Waals surface area contributed by atoms with Crippen molar-refractivity contribution in [2.45, 2.75) is 6.54 Å². The van der Waals surface area contributed by atoms with E-state index in [1.165, 1.54) is 0 Å². The minimum Gasteiger partial charge on any atom is -0.324 e. The molecule has 0 bridgehead atoms. The van der Waals surface area contributed by atoms with Gasteiger partial charge in [-0.25, -0.2) is 9.97 Å². The monoisotopic (exact) mass is 320 g/mol. The van der Waals surface area contributed by atoms with Crippen molar-refractivity contribution in [3.05, 3.63) is 51.9 Å². The summed E-state index contributed by atoms with van der Waals surface area (Å²) in [6.07, 6.45) is 9.14. The van der Waals surface area contributed by atoms with Crippen LogP contribution in [0, 0.1) is 0 Å². The molecule has 0 N–H and O–H groups in total. The van der Waals surface area contributed by atoms with E-state index in [2.05, 4.69) is 35.4 Å². The van der Waals surface area contributed by atoms with Gasteiger partial charge in [-0.05, 0) is 22.0 Å². The molecular formula is C12H9BrN4S. The molecule has 3 aromatic rings. The van der Waals surface area contributed by atoms with Crippen LogP contribution in [0.4, 0.5) is 0 Å².